The van der Waals surface area contributed by atoms with E-state index in [1.165, 1.54) is 0 Å². The molecule has 1 aromatic rings. The van der Waals surface area contributed by atoms with Crippen LogP contribution in [0.5, 0.6) is 0 Å². The highest BCUT2D eigenvalue weighted by molar-refractivity contribution is 6.30. The van der Waals surface area contributed by atoms with Crippen molar-refractivity contribution in [3.8, 4) is 0 Å². The molecule has 1 aliphatic carbocycles. The second-order valence-corrected chi connectivity index (χ2v) is 3.62. The lowest BCUT2D eigenvalue weighted by Gasteiger charge is -2.05. The van der Waals surface area contributed by atoms with Gasteiger partial charge in [0.25, 0.3) is 0 Å². The standard InChI is InChI=1S/C9H9ClFN/c10-7-3-1-6(2-4-7)9(11)5-8(9)12/h1-4,8H,5,12H2/t8-,9+/m1/s1. The predicted molar refractivity (Wildman–Crippen MR) is 46.8 cm³/mol. The SMILES string of the molecule is N[C@@H]1C[C@]1(F)c1ccc(Cl)cc1. The predicted octanol–water partition coefficient (Wildman–Crippen LogP) is 2.24. The highest BCUT2D eigenvalue weighted by Crippen LogP contribution is 2.48. The van der Waals surface area contributed by atoms with Crippen LogP contribution in [0.25, 0.3) is 0 Å². The van der Waals surface area contributed by atoms with Crippen molar-refractivity contribution in [1.29, 1.82) is 0 Å². The van der Waals surface area contributed by atoms with Gasteiger partial charge in [-0.05, 0) is 17.7 Å². The van der Waals surface area contributed by atoms with Gasteiger partial charge in [-0.15, -0.1) is 0 Å². The Hall–Kier alpha value is -0.600. The Balaban J connectivity index is 2.31. The number of hydrogen-bond acceptors (Lipinski definition) is 1. The Morgan fingerprint density at radius 2 is 1.92 bits per heavy atom. The smallest absolute Gasteiger partial charge is 0.152 e. The Morgan fingerprint density at radius 1 is 1.42 bits per heavy atom. The average Bonchev–Trinajstić information content (AvgIpc) is 2.62. The maximum atomic E-state index is 13.6. The van der Waals surface area contributed by atoms with Gasteiger partial charge in [0, 0.05) is 17.5 Å². The Kier molecular flexibility index (Phi) is 1.63. The first-order valence-corrected chi connectivity index (χ1v) is 4.21. The first-order chi connectivity index (χ1) is 5.63. The molecule has 0 spiro atoms. The molecule has 12 heavy (non-hydrogen) atoms. The maximum absolute atomic E-state index is 13.6. The van der Waals surface area contributed by atoms with Crippen molar-refractivity contribution in [2.24, 2.45) is 5.73 Å². The minimum Gasteiger partial charge on any atom is -0.325 e. The van der Waals surface area contributed by atoms with Crippen LogP contribution in [0.4, 0.5) is 4.39 Å². The molecule has 2 rings (SSSR count). The fraction of sp³-hybridized carbons (Fsp3) is 0.333. The van der Waals surface area contributed by atoms with Gasteiger partial charge in [0.05, 0.1) is 0 Å². The summed E-state index contributed by atoms with van der Waals surface area (Å²) in [7, 11) is 0. The van der Waals surface area contributed by atoms with Crippen LogP contribution in [0.15, 0.2) is 24.3 Å². The van der Waals surface area contributed by atoms with Crippen molar-refractivity contribution in [1.82, 2.24) is 0 Å². The monoisotopic (exact) mass is 185 g/mol. The minimum absolute atomic E-state index is 0.335. The summed E-state index contributed by atoms with van der Waals surface area (Å²) >= 11 is 5.66. The molecule has 0 aromatic heterocycles. The third-order valence-electron chi connectivity index (χ3n) is 2.27. The van der Waals surface area contributed by atoms with Crippen molar-refractivity contribution < 1.29 is 4.39 Å². The molecule has 0 heterocycles. The molecule has 2 N–H and O–H groups in total. The van der Waals surface area contributed by atoms with E-state index >= 15 is 0 Å². The van der Waals surface area contributed by atoms with Gasteiger partial charge in [-0.2, -0.15) is 0 Å². The molecule has 1 aromatic carbocycles. The van der Waals surface area contributed by atoms with Crippen molar-refractivity contribution >= 4 is 11.6 Å². The van der Waals surface area contributed by atoms with E-state index in [1.807, 2.05) is 0 Å². The number of benzene rings is 1. The van der Waals surface area contributed by atoms with Gasteiger partial charge in [-0.1, -0.05) is 23.7 Å². The lowest BCUT2D eigenvalue weighted by Crippen LogP contribution is -2.12. The zero-order chi connectivity index (χ0) is 8.77. The molecule has 1 aliphatic rings. The van der Waals surface area contributed by atoms with Crippen molar-refractivity contribution in [2.45, 2.75) is 18.1 Å². The van der Waals surface area contributed by atoms with Gasteiger partial charge >= 0.3 is 0 Å². The highest BCUT2D eigenvalue weighted by Gasteiger charge is 2.54. The molecule has 0 saturated heterocycles. The molecule has 1 saturated carbocycles. The number of halogens is 2. The number of rotatable bonds is 1. The minimum atomic E-state index is -1.29. The first kappa shape index (κ1) is 8.02. The highest BCUT2D eigenvalue weighted by atomic mass is 35.5. The Bertz CT molecular complexity index is 298. The van der Waals surface area contributed by atoms with Gasteiger partial charge in [0.15, 0.2) is 5.67 Å². The second-order valence-electron chi connectivity index (χ2n) is 3.18. The van der Waals surface area contributed by atoms with E-state index in [2.05, 4.69) is 0 Å². The molecule has 1 fully saturated rings. The molecule has 1 nitrogen and oxygen atoms in total. The van der Waals surface area contributed by atoms with Crippen LogP contribution in [-0.2, 0) is 5.67 Å². The Morgan fingerprint density at radius 3 is 2.33 bits per heavy atom. The summed E-state index contributed by atoms with van der Waals surface area (Å²) in [6.45, 7) is 0. The van der Waals surface area contributed by atoms with E-state index in [4.69, 9.17) is 17.3 Å². The molecular formula is C9H9ClFN. The number of hydrogen-bond donors (Lipinski definition) is 1. The van der Waals surface area contributed by atoms with Gasteiger partial charge in [-0.3, -0.25) is 0 Å². The van der Waals surface area contributed by atoms with Crippen LogP contribution in [-0.4, -0.2) is 6.04 Å². The van der Waals surface area contributed by atoms with E-state index in [0.29, 0.717) is 17.0 Å². The van der Waals surface area contributed by atoms with Gasteiger partial charge < -0.3 is 5.73 Å². The zero-order valence-electron chi connectivity index (χ0n) is 6.43. The zero-order valence-corrected chi connectivity index (χ0v) is 7.18. The molecule has 0 radical (unpaired) electrons. The van der Waals surface area contributed by atoms with E-state index < -0.39 is 5.67 Å². The summed E-state index contributed by atoms with van der Waals surface area (Å²) in [4.78, 5) is 0. The summed E-state index contributed by atoms with van der Waals surface area (Å²) in [5.41, 5.74) is 4.81. The lowest BCUT2D eigenvalue weighted by molar-refractivity contribution is 0.306. The first-order valence-electron chi connectivity index (χ1n) is 3.83. The molecule has 64 valence electrons. The van der Waals surface area contributed by atoms with E-state index in [-0.39, 0.29) is 6.04 Å². The normalized spacial score (nSPS) is 33.4. The quantitative estimate of drug-likeness (QED) is 0.714. The van der Waals surface area contributed by atoms with Crippen LogP contribution in [0, 0.1) is 0 Å². The average molecular weight is 186 g/mol. The summed E-state index contributed by atoms with van der Waals surface area (Å²) in [5, 5.41) is 0.622. The maximum Gasteiger partial charge on any atom is 0.152 e. The van der Waals surface area contributed by atoms with Crippen LogP contribution in [0.3, 0.4) is 0 Å². The molecule has 2 atom stereocenters. The lowest BCUT2D eigenvalue weighted by atomic mass is 10.1. The van der Waals surface area contributed by atoms with E-state index in [9.17, 15) is 4.39 Å². The fourth-order valence-corrected chi connectivity index (χ4v) is 1.45. The fourth-order valence-electron chi connectivity index (χ4n) is 1.32. The molecule has 0 amide bonds. The summed E-state index contributed by atoms with van der Waals surface area (Å²) < 4.78 is 13.6. The summed E-state index contributed by atoms with van der Waals surface area (Å²) in [6.07, 6.45) is 0.425. The van der Waals surface area contributed by atoms with Crippen LogP contribution < -0.4 is 5.73 Å². The largest absolute Gasteiger partial charge is 0.325 e. The summed E-state index contributed by atoms with van der Waals surface area (Å²) in [5.74, 6) is 0. The third-order valence-corrected chi connectivity index (χ3v) is 2.52. The number of nitrogens with two attached hydrogens (primary N) is 1. The topological polar surface area (TPSA) is 26.0 Å². The molecular weight excluding hydrogens is 177 g/mol. The molecule has 0 aliphatic heterocycles. The third kappa shape index (κ3) is 1.11. The van der Waals surface area contributed by atoms with Crippen LogP contribution >= 0.6 is 11.6 Å². The van der Waals surface area contributed by atoms with Crippen LogP contribution in [0.2, 0.25) is 5.02 Å². The van der Waals surface area contributed by atoms with Crippen molar-refractivity contribution in [2.75, 3.05) is 0 Å². The van der Waals surface area contributed by atoms with Gasteiger partial charge in [0.1, 0.15) is 0 Å². The van der Waals surface area contributed by atoms with Crippen LogP contribution in [0.1, 0.15) is 12.0 Å². The van der Waals surface area contributed by atoms with E-state index in [1.54, 1.807) is 24.3 Å². The van der Waals surface area contributed by atoms with Crippen molar-refractivity contribution in [3.05, 3.63) is 34.9 Å². The van der Waals surface area contributed by atoms with E-state index in [0.717, 1.165) is 0 Å². The molecule has 0 bridgehead atoms. The van der Waals surface area contributed by atoms with Crippen molar-refractivity contribution in [3.63, 3.8) is 0 Å². The van der Waals surface area contributed by atoms with Gasteiger partial charge in [0.2, 0.25) is 0 Å². The number of alkyl halides is 1. The Labute approximate surface area is 75.3 Å². The summed E-state index contributed by atoms with van der Waals surface area (Å²) in [6, 6.07) is 6.41. The van der Waals surface area contributed by atoms with Gasteiger partial charge in [-0.25, -0.2) is 4.39 Å². The molecule has 0 unspecified atom stereocenters. The second kappa shape index (κ2) is 2.44. The molecule has 3 heteroatoms.